The van der Waals surface area contributed by atoms with E-state index in [1.54, 1.807) is 23.7 Å². The van der Waals surface area contributed by atoms with E-state index in [-0.39, 0.29) is 11.7 Å². The number of rotatable bonds is 7. The first-order valence-electron chi connectivity index (χ1n) is 10.3. The van der Waals surface area contributed by atoms with Gasteiger partial charge in [-0.25, -0.2) is 14.4 Å². The number of nitrogens with one attached hydrogen (secondary N) is 2. The number of carbonyl (C=O) groups excluding carboxylic acids is 1. The SMILES string of the molecule is CN(C)CCNC(=O)c1nc2nc(-c3ccccc3)c(Nc3ccc(F)cc3)cc2n1C. The van der Waals surface area contributed by atoms with Gasteiger partial charge >= 0.3 is 0 Å². The van der Waals surface area contributed by atoms with Crippen LogP contribution in [-0.4, -0.2) is 52.5 Å². The Hall–Kier alpha value is -3.78. The number of pyridine rings is 1. The van der Waals surface area contributed by atoms with Crippen molar-refractivity contribution < 1.29 is 9.18 Å². The van der Waals surface area contributed by atoms with E-state index in [2.05, 4.69) is 15.6 Å². The van der Waals surface area contributed by atoms with Crippen LogP contribution in [0.25, 0.3) is 22.4 Å². The molecule has 2 aromatic carbocycles. The summed E-state index contributed by atoms with van der Waals surface area (Å²) in [5, 5.41) is 6.22. The quantitative estimate of drug-likeness (QED) is 0.465. The summed E-state index contributed by atoms with van der Waals surface area (Å²) in [6.45, 7) is 1.26. The molecule has 0 aliphatic carbocycles. The molecule has 2 heterocycles. The molecule has 0 bridgehead atoms. The number of imidazole rings is 1. The molecule has 0 saturated heterocycles. The van der Waals surface area contributed by atoms with Crippen molar-refractivity contribution in [1.29, 1.82) is 0 Å². The highest BCUT2D eigenvalue weighted by Crippen LogP contribution is 2.32. The predicted molar refractivity (Wildman–Crippen MR) is 125 cm³/mol. The summed E-state index contributed by atoms with van der Waals surface area (Å²) in [4.78, 5) is 24.0. The molecule has 0 aliphatic heterocycles. The number of carbonyl (C=O) groups is 1. The average molecular weight is 433 g/mol. The number of anilines is 2. The van der Waals surface area contributed by atoms with Crippen LogP contribution in [0.15, 0.2) is 60.7 Å². The molecule has 0 unspecified atom stereocenters. The fourth-order valence-electron chi connectivity index (χ4n) is 3.39. The highest BCUT2D eigenvalue weighted by atomic mass is 19.1. The third kappa shape index (κ3) is 4.60. The van der Waals surface area contributed by atoms with Crippen LogP contribution in [0.1, 0.15) is 10.6 Å². The van der Waals surface area contributed by atoms with Crippen LogP contribution in [0.5, 0.6) is 0 Å². The smallest absolute Gasteiger partial charge is 0.287 e. The van der Waals surface area contributed by atoms with Crippen molar-refractivity contribution in [2.45, 2.75) is 0 Å². The van der Waals surface area contributed by atoms with Crippen LogP contribution in [0.3, 0.4) is 0 Å². The van der Waals surface area contributed by atoms with Gasteiger partial charge in [0.05, 0.1) is 16.9 Å². The molecule has 0 aliphatic rings. The average Bonchev–Trinajstić information content (AvgIpc) is 3.11. The fraction of sp³-hybridized carbons (Fsp3) is 0.208. The second-order valence-corrected chi connectivity index (χ2v) is 7.78. The Morgan fingerprint density at radius 3 is 2.47 bits per heavy atom. The van der Waals surface area contributed by atoms with E-state index in [9.17, 15) is 9.18 Å². The molecule has 0 saturated carbocycles. The molecular weight excluding hydrogens is 407 g/mol. The van der Waals surface area contributed by atoms with Gasteiger partial charge in [0.25, 0.3) is 5.91 Å². The van der Waals surface area contributed by atoms with Gasteiger partial charge in [-0.15, -0.1) is 0 Å². The Labute approximate surface area is 185 Å². The van der Waals surface area contributed by atoms with Gasteiger partial charge in [-0.3, -0.25) is 4.79 Å². The second-order valence-electron chi connectivity index (χ2n) is 7.78. The summed E-state index contributed by atoms with van der Waals surface area (Å²) in [7, 11) is 5.69. The van der Waals surface area contributed by atoms with E-state index < -0.39 is 0 Å². The number of aromatic nitrogens is 3. The van der Waals surface area contributed by atoms with Gasteiger partial charge < -0.3 is 20.1 Å². The van der Waals surface area contributed by atoms with Crippen molar-refractivity contribution in [1.82, 2.24) is 24.8 Å². The fourth-order valence-corrected chi connectivity index (χ4v) is 3.39. The van der Waals surface area contributed by atoms with E-state index in [0.29, 0.717) is 29.2 Å². The van der Waals surface area contributed by atoms with Gasteiger partial charge in [0.15, 0.2) is 5.65 Å². The zero-order chi connectivity index (χ0) is 22.7. The van der Waals surface area contributed by atoms with Crippen LogP contribution in [0.4, 0.5) is 15.8 Å². The summed E-state index contributed by atoms with van der Waals surface area (Å²) in [6, 6.07) is 17.8. The molecule has 2 aromatic heterocycles. The molecular formula is C24H25FN6O. The minimum Gasteiger partial charge on any atom is -0.354 e. The van der Waals surface area contributed by atoms with Crippen LogP contribution < -0.4 is 10.6 Å². The summed E-state index contributed by atoms with van der Waals surface area (Å²) in [5.41, 5.74) is 4.26. The molecule has 0 radical (unpaired) electrons. The number of hydrogen-bond acceptors (Lipinski definition) is 5. The number of nitrogens with zero attached hydrogens (tertiary/aromatic N) is 4. The largest absolute Gasteiger partial charge is 0.354 e. The van der Waals surface area contributed by atoms with E-state index >= 15 is 0 Å². The molecule has 164 valence electrons. The molecule has 8 heteroatoms. The first-order chi connectivity index (χ1) is 15.4. The van der Waals surface area contributed by atoms with E-state index in [0.717, 1.165) is 23.5 Å². The number of hydrogen-bond donors (Lipinski definition) is 2. The summed E-state index contributed by atoms with van der Waals surface area (Å²) in [6.07, 6.45) is 0. The van der Waals surface area contributed by atoms with Crippen LogP contribution in [0.2, 0.25) is 0 Å². The molecule has 4 aromatic rings. The summed E-state index contributed by atoms with van der Waals surface area (Å²) in [5.74, 6) is -0.255. The Kier molecular flexibility index (Phi) is 6.13. The van der Waals surface area contributed by atoms with E-state index in [4.69, 9.17) is 4.98 Å². The van der Waals surface area contributed by atoms with Gasteiger partial charge in [-0.2, -0.15) is 0 Å². The summed E-state index contributed by atoms with van der Waals surface area (Å²) < 4.78 is 15.1. The minimum absolute atomic E-state index is 0.248. The molecule has 0 spiro atoms. The first-order valence-corrected chi connectivity index (χ1v) is 10.3. The molecule has 4 rings (SSSR count). The van der Waals surface area contributed by atoms with E-state index in [1.165, 1.54) is 12.1 Å². The maximum Gasteiger partial charge on any atom is 0.287 e. The van der Waals surface area contributed by atoms with Crippen molar-refractivity contribution in [3.8, 4) is 11.3 Å². The maximum atomic E-state index is 13.3. The lowest BCUT2D eigenvalue weighted by atomic mass is 10.1. The van der Waals surface area contributed by atoms with Gasteiger partial charge in [-0.05, 0) is 44.4 Å². The molecule has 0 atom stereocenters. The topological polar surface area (TPSA) is 75.1 Å². The van der Waals surface area contributed by atoms with Crippen LogP contribution in [0, 0.1) is 5.82 Å². The normalized spacial score (nSPS) is 11.2. The third-order valence-corrected chi connectivity index (χ3v) is 5.09. The monoisotopic (exact) mass is 432 g/mol. The lowest BCUT2D eigenvalue weighted by Gasteiger charge is -2.12. The standard InChI is InChI=1S/C24H25FN6O/c1-30(2)14-13-26-24(32)23-29-22-20(31(23)3)15-19(27-18-11-9-17(25)10-12-18)21(28-22)16-7-5-4-6-8-16/h4-12,15,27H,13-14H2,1-3H3,(H,26,32). The van der Waals surface area contributed by atoms with Crippen molar-refractivity contribution in [2.75, 3.05) is 32.5 Å². The number of fused-ring (bicyclic) bond motifs is 1. The molecule has 32 heavy (non-hydrogen) atoms. The molecule has 2 N–H and O–H groups in total. The number of halogens is 1. The molecule has 1 amide bonds. The first kappa shape index (κ1) is 21.5. The van der Waals surface area contributed by atoms with Crippen molar-refractivity contribution in [3.63, 3.8) is 0 Å². The highest BCUT2D eigenvalue weighted by Gasteiger charge is 2.19. The van der Waals surface area contributed by atoms with Crippen molar-refractivity contribution >= 4 is 28.4 Å². The number of amides is 1. The van der Waals surface area contributed by atoms with Gasteiger partial charge in [-0.1, -0.05) is 30.3 Å². The zero-order valence-electron chi connectivity index (χ0n) is 18.3. The number of benzene rings is 2. The summed E-state index contributed by atoms with van der Waals surface area (Å²) >= 11 is 0. The minimum atomic E-state index is -0.302. The van der Waals surface area contributed by atoms with Crippen molar-refractivity contribution in [2.24, 2.45) is 7.05 Å². The Balaban J connectivity index is 1.75. The molecule has 7 nitrogen and oxygen atoms in total. The molecule has 0 fully saturated rings. The van der Waals surface area contributed by atoms with E-state index in [1.807, 2.05) is 55.4 Å². The number of aryl methyl sites for hydroxylation is 1. The van der Waals surface area contributed by atoms with Gasteiger partial charge in [0.2, 0.25) is 5.82 Å². The number of likely N-dealkylation sites (N-methyl/N-ethyl adjacent to an activating group) is 1. The Morgan fingerprint density at radius 1 is 1.06 bits per heavy atom. The Morgan fingerprint density at radius 2 is 1.78 bits per heavy atom. The lowest BCUT2D eigenvalue weighted by Crippen LogP contribution is -2.32. The lowest BCUT2D eigenvalue weighted by molar-refractivity contribution is 0.0938. The van der Waals surface area contributed by atoms with Gasteiger partial charge in [0.1, 0.15) is 5.82 Å². The third-order valence-electron chi connectivity index (χ3n) is 5.09. The predicted octanol–water partition coefficient (Wildman–Crippen LogP) is 3.81. The van der Waals surface area contributed by atoms with Crippen LogP contribution >= 0.6 is 0 Å². The second kappa shape index (κ2) is 9.15. The zero-order valence-corrected chi connectivity index (χ0v) is 18.3. The Bertz CT molecular complexity index is 1240. The van der Waals surface area contributed by atoms with Crippen molar-refractivity contribution in [3.05, 3.63) is 72.3 Å². The van der Waals surface area contributed by atoms with Gasteiger partial charge in [0, 0.05) is 31.4 Å². The highest BCUT2D eigenvalue weighted by molar-refractivity contribution is 5.96. The van der Waals surface area contributed by atoms with Crippen LogP contribution in [-0.2, 0) is 7.05 Å². The maximum absolute atomic E-state index is 13.3.